The molecule has 30 heavy (non-hydrogen) atoms. The first kappa shape index (κ1) is 19.7. The highest BCUT2D eigenvalue weighted by molar-refractivity contribution is 5.85. The average Bonchev–Trinajstić information content (AvgIpc) is 2.78. The topological polar surface area (TPSA) is 92.1 Å². The molecule has 1 aliphatic rings. The lowest BCUT2D eigenvalue weighted by atomic mass is 9.96. The number of anilines is 1. The maximum Gasteiger partial charge on any atom is 0.356 e. The normalized spacial score (nSPS) is 13.8. The monoisotopic (exact) mass is 401 g/mol. The Bertz CT molecular complexity index is 1090. The highest BCUT2D eigenvalue weighted by Gasteiger charge is 2.19. The van der Waals surface area contributed by atoms with E-state index in [1.807, 2.05) is 18.2 Å². The molecule has 1 aliphatic heterocycles. The first-order chi connectivity index (χ1) is 14.5. The molecule has 4 rings (SSSR count). The van der Waals surface area contributed by atoms with Crippen LogP contribution in [0.25, 0.3) is 5.57 Å². The molecule has 0 fully saturated rings. The molecule has 0 radical (unpaired) electrons. The van der Waals surface area contributed by atoms with Crippen molar-refractivity contribution in [2.45, 2.75) is 26.7 Å². The second-order valence-electron chi connectivity index (χ2n) is 7.40. The van der Waals surface area contributed by atoms with E-state index in [2.05, 4.69) is 57.1 Å². The van der Waals surface area contributed by atoms with Crippen molar-refractivity contribution in [1.82, 2.24) is 20.2 Å². The van der Waals surface area contributed by atoms with Crippen molar-refractivity contribution < 1.29 is 9.90 Å². The van der Waals surface area contributed by atoms with Gasteiger partial charge >= 0.3 is 5.97 Å². The third-order valence-corrected chi connectivity index (χ3v) is 5.53. The summed E-state index contributed by atoms with van der Waals surface area (Å²) in [6, 6.07) is 10.3. The Balaban J connectivity index is 1.50. The van der Waals surface area contributed by atoms with E-state index in [1.54, 1.807) is 0 Å². The van der Waals surface area contributed by atoms with E-state index in [0.717, 1.165) is 30.8 Å². The van der Waals surface area contributed by atoms with Crippen molar-refractivity contribution >= 4 is 17.4 Å². The Kier molecular flexibility index (Phi) is 5.52. The molecule has 7 heteroatoms. The smallest absolute Gasteiger partial charge is 0.356 e. The van der Waals surface area contributed by atoms with Crippen LogP contribution in [0.2, 0.25) is 0 Å². The second kappa shape index (κ2) is 8.41. The summed E-state index contributed by atoms with van der Waals surface area (Å²) in [5.74, 6) is -0.400. The van der Waals surface area contributed by atoms with E-state index in [4.69, 9.17) is 5.11 Å². The number of benzene rings is 1. The third kappa shape index (κ3) is 4.05. The number of hydrogen-bond donors (Lipinski definition) is 1. The molecule has 0 saturated carbocycles. The minimum Gasteiger partial charge on any atom is -0.476 e. The fraction of sp³-hybridized carbons (Fsp3) is 0.261. The van der Waals surface area contributed by atoms with E-state index >= 15 is 0 Å². The molecular weight excluding hydrogens is 378 g/mol. The van der Waals surface area contributed by atoms with Gasteiger partial charge < -0.3 is 10.0 Å². The van der Waals surface area contributed by atoms with Crippen molar-refractivity contribution in [3.63, 3.8) is 0 Å². The lowest BCUT2D eigenvalue weighted by molar-refractivity contribution is 0.0690. The SMILES string of the molecule is Cc1c(Cc2ccccc2)nnc(C2=CCN(c3cnc(C(=O)O)cn3)CC2)c1C. The van der Waals surface area contributed by atoms with Gasteiger partial charge in [0.25, 0.3) is 0 Å². The lowest BCUT2D eigenvalue weighted by Crippen LogP contribution is -2.29. The zero-order chi connectivity index (χ0) is 21.1. The summed E-state index contributed by atoms with van der Waals surface area (Å²) in [5.41, 5.74) is 6.67. The third-order valence-electron chi connectivity index (χ3n) is 5.53. The van der Waals surface area contributed by atoms with Crippen LogP contribution in [0.4, 0.5) is 5.82 Å². The Morgan fingerprint density at radius 3 is 2.50 bits per heavy atom. The number of hydrogen-bond acceptors (Lipinski definition) is 6. The summed E-state index contributed by atoms with van der Waals surface area (Å²) >= 11 is 0. The van der Waals surface area contributed by atoms with Gasteiger partial charge in [0.15, 0.2) is 5.69 Å². The molecule has 1 aromatic carbocycles. The number of aromatic nitrogens is 4. The number of carboxylic acid groups (broad SMARTS) is 1. The number of aromatic carboxylic acids is 1. The van der Waals surface area contributed by atoms with Crippen molar-refractivity contribution in [2.24, 2.45) is 0 Å². The van der Waals surface area contributed by atoms with Crippen LogP contribution >= 0.6 is 0 Å². The first-order valence-electron chi connectivity index (χ1n) is 9.89. The molecule has 0 amide bonds. The Hall–Kier alpha value is -3.61. The Labute approximate surface area is 175 Å². The molecule has 2 aromatic heterocycles. The van der Waals surface area contributed by atoms with E-state index < -0.39 is 5.97 Å². The number of rotatable bonds is 5. The highest BCUT2D eigenvalue weighted by Crippen LogP contribution is 2.27. The van der Waals surface area contributed by atoms with Gasteiger partial charge in [0.2, 0.25) is 0 Å². The molecule has 0 bridgehead atoms. The molecule has 152 valence electrons. The molecular formula is C23H23N5O2. The number of nitrogens with zero attached hydrogens (tertiary/aromatic N) is 5. The van der Waals surface area contributed by atoms with E-state index in [9.17, 15) is 4.79 Å². The predicted octanol–water partition coefficient (Wildman–Crippen LogP) is 3.47. The summed E-state index contributed by atoms with van der Waals surface area (Å²) in [7, 11) is 0. The van der Waals surface area contributed by atoms with Gasteiger partial charge in [-0.3, -0.25) is 0 Å². The lowest BCUT2D eigenvalue weighted by Gasteiger charge is -2.27. The molecule has 7 nitrogen and oxygen atoms in total. The number of carboxylic acids is 1. The number of carbonyl (C=O) groups is 1. The maximum atomic E-state index is 10.9. The molecule has 1 N–H and O–H groups in total. The summed E-state index contributed by atoms with van der Waals surface area (Å²) < 4.78 is 0. The molecule has 0 saturated heterocycles. The molecule has 3 heterocycles. The van der Waals surface area contributed by atoms with Crippen molar-refractivity contribution in [2.75, 3.05) is 18.0 Å². The Morgan fingerprint density at radius 2 is 1.87 bits per heavy atom. The van der Waals surface area contributed by atoms with E-state index in [-0.39, 0.29) is 5.69 Å². The van der Waals surface area contributed by atoms with Gasteiger partial charge in [0.1, 0.15) is 5.82 Å². The largest absolute Gasteiger partial charge is 0.476 e. The van der Waals surface area contributed by atoms with Gasteiger partial charge in [0.05, 0.1) is 23.8 Å². The summed E-state index contributed by atoms with van der Waals surface area (Å²) in [6.07, 6.45) is 6.54. The first-order valence-corrected chi connectivity index (χ1v) is 9.89. The van der Waals surface area contributed by atoms with Crippen LogP contribution in [0.15, 0.2) is 48.8 Å². The summed E-state index contributed by atoms with van der Waals surface area (Å²) in [4.78, 5) is 21.2. The molecule has 0 unspecified atom stereocenters. The maximum absolute atomic E-state index is 10.9. The second-order valence-corrected chi connectivity index (χ2v) is 7.40. The van der Waals surface area contributed by atoms with Gasteiger partial charge in [-0.25, -0.2) is 14.8 Å². The van der Waals surface area contributed by atoms with Crippen LogP contribution in [0.3, 0.4) is 0 Å². The minimum absolute atomic E-state index is 0.0519. The molecule has 0 atom stereocenters. The summed E-state index contributed by atoms with van der Waals surface area (Å²) in [5, 5.41) is 18.0. The Morgan fingerprint density at radius 1 is 1.07 bits per heavy atom. The molecule has 3 aromatic rings. The predicted molar refractivity (Wildman–Crippen MR) is 115 cm³/mol. The molecule has 0 spiro atoms. The quantitative estimate of drug-likeness (QED) is 0.700. The van der Waals surface area contributed by atoms with E-state index in [1.165, 1.54) is 34.7 Å². The average molecular weight is 401 g/mol. The van der Waals surface area contributed by atoms with Crippen LogP contribution in [0.1, 0.15) is 45.0 Å². The highest BCUT2D eigenvalue weighted by atomic mass is 16.4. The van der Waals surface area contributed by atoms with Crippen LogP contribution in [0.5, 0.6) is 0 Å². The molecule has 0 aliphatic carbocycles. The fourth-order valence-electron chi connectivity index (χ4n) is 3.60. The van der Waals surface area contributed by atoms with Gasteiger partial charge in [-0.15, -0.1) is 0 Å². The van der Waals surface area contributed by atoms with Gasteiger partial charge in [-0.1, -0.05) is 36.4 Å². The van der Waals surface area contributed by atoms with Crippen molar-refractivity contribution in [3.8, 4) is 0 Å². The van der Waals surface area contributed by atoms with E-state index in [0.29, 0.717) is 12.4 Å². The van der Waals surface area contributed by atoms with Gasteiger partial charge in [-0.05, 0) is 42.5 Å². The van der Waals surface area contributed by atoms with Crippen molar-refractivity contribution in [3.05, 3.63) is 82.6 Å². The van der Waals surface area contributed by atoms with Crippen LogP contribution < -0.4 is 4.90 Å². The standard InChI is InChI=1S/C23H23N5O2/c1-15-16(2)22(27-26-19(15)12-17-6-4-3-5-7-17)18-8-10-28(11-9-18)21-14-24-20(13-25-21)23(29)30/h3-8,13-14H,9-12H2,1-2H3,(H,29,30). The minimum atomic E-state index is -1.07. The van der Waals surface area contributed by atoms with Crippen LogP contribution in [-0.2, 0) is 6.42 Å². The zero-order valence-electron chi connectivity index (χ0n) is 17.0. The van der Waals surface area contributed by atoms with Gasteiger partial charge in [0, 0.05) is 19.5 Å². The van der Waals surface area contributed by atoms with Crippen LogP contribution in [0, 0.1) is 13.8 Å². The zero-order valence-corrected chi connectivity index (χ0v) is 17.0. The van der Waals surface area contributed by atoms with Crippen LogP contribution in [-0.4, -0.2) is 44.3 Å². The fourth-order valence-corrected chi connectivity index (χ4v) is 3.60. The van der Waals surface area contributed by atoms with Gasteiger partial charge in [-0.2, -0.15) is 10.2 Å². The summed E-state index contributed by atoms with van der Waals surface area (Å²) in [6.45, 7) is 5.65. The van der Waals surface area contributed by atoms with Crippen molar-refractivity contribution in [1.29, 1.82) is 0 Å².